The lowest BCUT2D eigenvalue weighted by atomic mass is 10.2. The molecular weight excluding hydrogens is 136 g/mol. The van der Waals surface area contributed by atoms with E-state index in [9.17, 15) is 0 Å². The maximum absolute atomic E-state index is 4.31. The molecule has 1 fully saturated rings. The molecule has 0 aromatic carbocycles. The van der Waals surface area contributed by atoms with Crippen LogP contribution in [-0.4, -0.2) is 37.6 Å². The third-order valence-corrected chi connectivity index (χ3v) is 2.23. The van der Waals surface area contributed by atoms with Gasteiger partial charge in [0, 0.05) is 26.2 Å². The van der Waals surface area contributed by atoms with Crippen LogP contribution in [0.2, 0.25) is 0 Å². The topological polar surface area (TPSA) is 17.3 Å². The third kappa shape index (κ3) is 3.73. The lowest BCUT2D eigenvalue weighted by molar-refractivity contribution is 0.234. The van der Waals surface area contributed by atoms with Gasteiger partial charge in [0.1, 0.15) is 0 Å². The minimum Gasteiger partial charge on any atom is -0.301 e. The molecule has 0 atom stereocenters. The van der Waals surface area contributed by atoms with Crippen molar-refractivity contribution in [2.24, 2.45) is 0 Å². The molecule has 0 spiro atoms. The molecule has 0 amide bonds. The molecule has 0 aliphatic carbocycles. The van der Waals surface area contributed by atoms with Crippen LogP contribution < -0.4 is 5.32 Å². The first-order chi connectivity index (χ1) is 5.43. The van der Waals surface area contributed by atoms with Crippen LogP contribution in [0.4, 0.5) is 0 Å². The van der Waals surface area contributed by atoms with Crippen molar-refractivity contribution in [3.05, 3.63) is 0 Å². The molecule has 11 heavy (non-hydrogen) atoms. The molecule has 0 N–H and O–H groups in total. The first kappa shape index (κ1) is 9.01. The Labute approximate surface area is 70.0 Å². The summed E-state index contributed by atoms with van der Waals surface area (Å²) in [4.78, 5) is 2.53. The molecule has 1 heterocycles. The van der Waals surface area contributed by atoms with Gasteiger partial charge < -0.3 is 4.90 Å². The Morgan fingerprint density at radius 1 is 1.18 bits per heavy atom. The van der Waals surface area contributed by atoms with Gasteiger partial charge in [-0.25, -0.2) is 5.32 Å². The molecule has 0 aromatic heterocycles. The second-order valence-electron chi connectivity index (χ2n) is 3.22. The van der Waals surface area contributed by atoms with E-state index in [1.165, 1.54) is 38.9 Å². The normalized spacial score (nSPS) is 20.5. The second-order valence-corrected chi connectivity index (χ2v) is 3.22. The standard InChI is InChI=1S/C9H19N2/c1-2-3-4-7-11-8-5-10-6-9-11/h2-9H2,1H3. The zero-order valence-electron chi connectivity index (χ0n) is 7.55. The summed E-state index contributed by atoms with van der Waals surface area (Å²) in [7, 11) is 0. The van der Waals surface area contributed by atoms with Crippen molar-refractivity contribution in [1.29, 1.82) is 0 Å². The largest absolute Gasteiger partial charge is 0.301 e. The molecule has 0 saturated carbocycles. The smallest absolute Gasteiger partial charge is 0.0261 e. The molecule has 1 radical (unpaired) electrons. The van der Waals surface area contributed by atoms with Crippen molar-refractivity contribution in [2.75, 3.05) is 32.7 Å². The second kappa shape index (κ2) is 5.56. The van der Waals surface area contributed by atoms with Crippen LogP contribution in [0, 0.1) is 0 Å². The lowest BCUT2D eigenvalue weighted by Crippen LogP contribution is -2.40. The monoisotopic (exact) mass is 155 g/mol. The molecular formula is C9H19N2. The summed E-state index contributed by atoms with van der Waals surface area (Å²) in [5.74, 6) is 0. The predicted molar refractivity (Wildman–Crippen MR) is 47.8 cm³/mol. The van der Waals surface area contributed by atoms with Gasteiger partial charge in [0.2, 0.25) is 0 Å². The van der Waals surface area contributed by atoms with Crippen LogP contribution in [0.1, 0.15) is 26.2 Å². The van der Waals surface area contributed by atoms with E-state index >= 15 is 0 Å². The number of nitrogens with zero attached hydrogens (tertiary/aromatic N) is 2. The number of hydrogen-bond acceptors (Lipinski definition) is 1. The molecule has 2 heteroatoms. The van der Waals surface area contributed by atoms with Gasteiger partial charge in [0.05, 0.1) is 0 Å². The first-order valence-corrected chi connectivity index (χ1v) is 4.79. The summed E-state index contributed by atoms with van der Waals surface area (Å²) in [6.07, 6.45) is 4.09. The molecule has 2 nitrogen and oxygen atoms in total. The van der Waals surface area contributed by atoms with Gasteiger partial charge in [-0.1, -0.05) is 19.8 Å². The fourth-order valence-corrected chi connectivity index (χ4v) is 1.46. The number of piperazine rings is 1. The highest BCUT2D eigenvalue weighted by atomic mass is 15.2. The summed E-state index contributed by atoms with van der Waals surface area (Å²) < 4.78 is 0. The number of hydrogen-bond donors (Lipinski definition) is 0. The SMILES string of the molecule is CCCCCN1CC[N]CC1. The molecule has 1 aliphatic rings. The van der Waals surface area contributed by atoms with Crippen LogP contribution in [-0.2, 0) is 0 Å². The van der Waals surface area contributed by atoms with E-state index in [1.54, 1.807) is 0 Å². The quantitative estimate of drug-likeness (QED) is 0.556. The van der Waals surface area contributed by atoms with Gasteiger partial charge in [-0.15, -0.1) is 0 Å². The average molecular weight is 155 g/mol. The number of rotatable bonds is 4. The molecule has 1 rings (SSSR count). The Bertz CT molecular complexity index is 87.6. The summed E-state index contributed by atoms with van der Waals surface area (Å²) in [5.41, 5.74) is 0. The minimum atomic E-state index is 1.06. The van der Waals surface area contributed by atoms with Crippen molar-refractivity contribution < 1.29 is 0 Å². The van der Waals surface area contributed by atoms with E-state index in [-0.39, 0.29) is 0 Å². The van der Waals surface area contributed by atoms with Crippen LogP contribution >= 0.6 is 0 Å². The molecule has 1 aliphatic heterocycles. The van der Waals surface area contributed by atoms with Gasteiger partial charge >= 0.3 is 0 Å². The van der Waals surface area contributed by atoms with Gasteiger partial charge in [-0.2, -0.15) is 0 Å². The maximum atomic E-state index is 4.31. The van der Waals surface area contributed by atoms with Gasteiger partial charge in [-0.05, 0) is 13.0 Å². The van der Waals surface area contributed by atoms with Crippen molar-refractivity contribution in [3.63, 3.8) is 0 Å². The summed E-state index contributed by atoms with van der Waals surface area (Å²) >= 11 is 0. The Balaban J connectivity index is 1.96. The van der Waals surface area contributed by atoms with Crippen LogP contribution in [0.15, 0.2) is 0 Å². The Kier molecular flexibility index (Phi) is 4.55. The highest BCUT2D eigenvalue weighted by Crippen LogP contribution is 1.99. The zero-order valence-corrected chi connectivity index (χ0v) is 7.55. The van der Waals surface area contributed by atoms with Crippen molar-refractivity contribution in [2.45, 2.75) is 26.2 Å². The maximum Gasteiger partial charge on any atom is 0.0261 e. The van der Waals surface area contributed by atoms with Gasteiger partial charge in [0.25, 0.3) is 0 Å². The molecule has 65 valence electrons. The highest BCUT2D eigenvalue weighted by molar-refractivity contribution is 4.66. The van der Waals surface area contributed by atoms with Crippen LogP contribution in [0.3, 0.4) is 0 Å². The molecule has 0 bridgehead atoms. The van der Waals surface area contributed by atoms with Crippen molar-refractivity contribution in [3.8, 4) is 0 Å². The third-order valence-electron chi connectivity index (χ3n) is 2.23. The lowest BCUT2D eigenvalue weighted by Gasteiger charge is -2.25. The summed E-state index contributed by atoms with van der Waals surface area (Å²) in [6, 6.07) is 0. The highest BCUT2D eigenvalue weighted by Gasteiger charge is 2.08. The van der Waals surface area contributed by atoms with E-state index in [4.69, 9.17) is 0 Å². The van der Waals surface area contributed by atoms with E-state index in [1.807, 2.05) is 0 Å². The fourth-order valence-electron chi connectivity index (χ4n) is 1.46. The Morgan fingerprint density at radius 3 is 2.55 bits per heavy atom. The first-order valence-electron chi connectivity index (χ1n) is 4.79. The Hall–Kier alpha value is -0.0800. The summed E-state index contributed by atoms with van der Waals surface area (Å²) in [6.45, 7) is 8.07. The van der Waals surface area contributed by atoms with Crippen LogP contribution in [0.25, 0.3) is 0 Å². The van der Waals surface area contributed by atoms with Gasteiger partial charge in [-0.3, -0.25) is 0 Å². The van der Waals surface area contributed by atoms with Crippen LogP contribution in [0.5, 0.6) is 0 Å². The van der Waals surface area contributed by atoms with E-state index in [2.05, 4.69) is 17.1 Å². The summed E-state index contributed by atoms with van der Waals surface area (Å²) in [5, 5.41) is 4.31. The minimum absolute atomic E-state index is 1.06. The Morgan fingerprint density at radius 2 is 1.91 bits per heavy atom. The molecule has 1 saturated heterocycles. The van der Waals surface area contributed by atoms with Crippen molar-refractivity contribution >= 4 is 0 Å². The number of unbranched alkanes of at least 4 members (excludes halogenated alkanes) is 2. The molecule has 0 aromatic rings. The fraction of sp³-hybridized carbons (Fsp3) is 1.00. The van der Waals surface area contributed by atoms with E-state index in [0.717, 1.165) is 13.1 Å². The van der Waals surface area contributed by atoms with E-state index < -0.39 is 0 Å². The average Bonchev–Trinajstić information content (AvgIpc) is 2.07. The van der Waals surface area contributed by atoms with Gasteiger partial charge in [0.15, 0.2) is 0 Å². The molecule has 0 unspecified atom stereocenters. The van der Waals surface area contributed by atoms with Crippen molar-refractivity contribution in [1.82, 2.24) is 10.2 Å². The zero-order chi connectivity index (χ0) is 7.94. The predicted octanol–water partition coefficient (Wildman–Crippen LogP) is 1.10. The van der Waals surface area contributed by atoms with E-state index in [0.29, 0.717) is 0 Å².